The Balaban J connectivity index is 3.82. The molecule has 7 nitrogen and oxygen atoms in total. The fourth-order valence-corrected chi connectivity index (χ4v) is 3.25. The normalized spacial score (nSPS) is 14.6. The van der Waals surface area contributed by atoms with Gasteiger partial charge in [-0.1, -0.05) is 84.0 Å². The Kier molecular flexibility index (Phi) is 17.7. The lowest BCUT2D eigenvalue weighted by Gasteiger charge is -2.25. The minimum atomic E-state index is -1.31. The van der Waals surface area contributed by atoms with Crippen molar-refractivity contribution in [1.29, 1.82) is 0 Å². The molecule has 0 aliphatic heterocycles. The highest BCUT2D eigenvalue weighted by Crippen LogP contribution is 2.14. The molecule has 0 spiro atoms. The van der Waals surface area contributed by atoms with E-state index in [0.717, 1.165) is 25.3 Å². The average Bonchev–Trinajstić information content (AvgIpc) is 2.70. The first kappa shape index (κ1) is 27.6. The molecular formula is C22H41NO6. The topological polar surface area (TPSA) is 127 Å². The van der Waals surface area contributed by atoms with Crippen LogP contribution < -0.4 is 5.32 Å². The minimum absolute atomic E-state index is 0.385. The molecule has 0 aliphatic rings. The van der Waals surface area contributed by atoms with Gasteiger partial charge in [0.05, 0.1) is 18.8 Å². The number of nitrogens with one attached hydrogen (secondary N) is 1. The van der Waals surface area contributed by atoms with E-state index in [1.807, 2.05) is 0 Å². The van der Waals surface area contributed by atoms with E-state index in [0.29, 0.717) is 12.5 Å². The standard InChI is InChI=1S/C22H41NO6/c1-2-3-4-5-6-7-8-9-10-11-12-13-14-19(25)22(29)18(17-24)23-20(26)15-16-21(27)28/h15-16,18-19,22,24-25,29H,2-14,17H2,1H3,(H,23,26)(H,27,28)/b16-15+. The van der Waals surface area contributed by atoms with Crippen LogP contribution in [0.1, 0.15) is 90.4 Å². The van der Waals surface area contributed by atoms with E-state index in [1.54, 1.807) is 0 Å². The third-order valence-corrected chi connectivity index (χ3v) is 5.06. The van der Waals surface area contributed by atoms with Crippen LogP contribution in [0, 0.1) is 0 Å². The molecule has 29 heavy (non-hydrogen) atoms. The molecule has 3 atom stereocenters. The average molecular weight is 416 g/mol. The quantitative estimate of drug-likeness (QED) is 0.163. The molecule has 0 saturated heterocycles. The smallest absolute Gasteiger partial charge is 0.328 e. The third kappa shape index (κ3) is 16.1. The van der Waals surface area contributed by atoms with Crippen LogP contribution in [0.4, 0.5) is 0 Å². The van der Waals surface area contributed by atoms with Gasteiger partial charge in [0.25, 0.3) is 0 Å². The number of aliphatic hydroxyl groups is 3. The predicted octanol–water partition coefficient (Wildman–Crippen LogP) is 2.92. The van der Waals surface area contributed by atoms with Gasteiger partial charge in [0.15, 0.2) is 0 Å². The summed E-state index contributed by atoms with van der Waals surface area (Å²) in [6.45, 7) is 1.68. The lowest BCUT2D eigenvalue weighted by atomic mass is 9.99. The van der Waals surface area contributed by atoms with E-state index in [-0.39, 0.29) is 0 Å². The molecule has 5 N–H and O–H groups in total. The minimum Gasteiger partial charge on any atom is -0.478 e. The Morgan fingerprint density at radius 2 is 1.31 bits per heavy atom. The zero-order valence-corrected chi connectivity index (χ0v) is 17.9. The van der Waals surface area contributed by atoms with Crippen LogP contribution in [0.5, 0.6) is 0 Å². The van der Waals surface area contributed by atoms with Crippen molar-refractivity contribution in [2.24, 2.45) is 0 Å². The molecular weight excluding hydrogens is 374 g/mol. The first-order valence-electron chi connectivity index (χ1n) is 11.1. The summed E-state index contributed by atoms with van der Waals surface area (Å²) < 4.78 is 0. The number of aliphatic hydroxyl groups excluding tert-OH is 3. The lowest BCUT2D eigenvalue weighted by molar-refractivity contribution is -0.131. The number of amides is 1. The van der Waals surface area contributed by atoms with Crippen molar-refractivity contribution in [3.05, 3.63) is 12.2 Å². The second-order valence-corrected chi connectivity index (χ2v) is 7.70. The number of unbranched alkanes of at least 4 members (excludes halogenated alkanes) is 11. The summed E-state index contributed by atoms with van der Waals surface area (Å²) >= 11 is 0. The first-order chi connectivity index (χ1) is 13.9. The maximum absolute atomic E-state index is 11.6. The number of rotatable bonds is 19. The number of carbonyl (C=O) groups is 2. The van der Waals surface area contributed by atoms with Crippen molar-refractivity contribution in [1.82, 2.24) is 5.32 Å². The molecule has 0 fully saturated rings. The summed E-state index contributed by atoms with van der Waals surface area (Å²) in [5, 5.41) is 40.3. The Labute approximate surface area is 175 Å². The van der Waals surface area contributed by atoms with Crippen LogP contribution in [0.2, 0.25) is 0 Å². The van der Waals surface area contributed by atoms with Crippen molar-refractivity contribution in [2.75, 3.05) is 6.61 Å². The number of carboxylic acids is 1. The first-order valence-corrected chi connectivity index (χ1v) is 11.1. The largest absolute Gasteiger partial charge is 0.478 e. The van der Waals surface area contributed by atoms with Crippen molar-refractivity contribution in [3.8, 4) is 0 Å². The summed E-state index contributed by atoms with van der Waals surface area (Å²) in [4.78, 5) is 21.9. The van der Waals surface area contributed by atoms with Gasteiger partial charge in [0.2, 0.25) is 5.91 Å². The number of aliphatic carboxylic acids is 1. The summed E-state index contributed by atoms with van der Waals surface area (Å²) in [7, 11) is 0. The molecule has 0 aromatic carbocycles. The maximum Gasteiger partial charge on any atom is 0.328 e. The summed E-state index contributed by atoms with van der Waals surface area (Å²) in [5.74, 6) is -2.02. The number of hydrogen-bond acceptors (Lipinski definition) is 5. The van der Waals surface area contributed by atoms with Crippen molar-refractivity contribution >= 4 is 11.9 Å². The van der Waals surface area contributed by atoms with Gasteiger partial charge in [-0.3, -0.25) is 4.79 Å². The molecule has 0 saturated carbocycles. The second kappa shape index (κ2) is 18.6. The van der Waals surface area contributed by atoms with Crippen molar-refractivity contribution in [2.45, 2.75) is 109 Å². The highest BCUT2D eigenvalue weighted by molar-refractivity contribution is 5.94. The van der Waals surface area contributed by atoms with Crippen molar-refractivity contribution in [3.63, 3.8) is 0 Å². The number of hydrogen-bond donors (Lipinski definition) is 5. The van der Waals surface area contributed by atoms with Crippen LogP contribution in [0.25, 0.3) is 0 Å². The molecule has 3 unspecified atom stereocenters. The Bertz CT molecular complexity index is 455. The molecule has 0 aromatic heterocycles. The van der Waals surface area contributed by atoms with E-state index in [9.17, 15) is 24.9 Å². The van der Waals surface area contributed by atoms with Gasteiger partial charge in [0.1, 0.15) is 6.10 Å². The number of carbonyl (C=O) groups excluding carboxylic acids is 1. The van der Waals surface area contributed by atoms with Crippen LogP contribution in [0.15, 0.2) is 12.2 Å². The molecule has 0 aromatic rings. The van der Waals surface area contributed by atoms with Gasteiger partial charge in [-0.2, -0.15) is 0 Å². The second-order valence-electron chi connectivity index (χ2n) is 7.70. The fraction of sp³-hybridized carbons (Fsp3) is 0.818. The van der Waals surface area contributed by atoms with Gasteiger partial charge < -0.3 is 25.7 Å². The lowest BCUT2D eigenvalue weighted by Crippen LogP contribution is -2.50. The van der Waals surface area contributed by atoms with Crippen LogP contribution >= 0.6 is 0 Å². The Morgan fingerprint density at radius 3 is 1.76 bits per heavy atom. The Morgan fingerprint density at radius 1 is 0.828 bits per heavy atom. The zero-order chi connectivity index (χ0) is 21.9. The summed E-state index contributed by atoms with van der Waals surface area (Å²) in [6.07, 6.45) is 14.0. The molecule has 0 heterocycles. The van der Waals surface area contributed by atoms with Gasteiger partial charge in [0, 0.05) is 12.2 Å². The molecule has 170 valence electrons. The van der Waals surface area contributed by atoms with E-state index in [1.165, 1.54) is 57.8 Å². The molecule has 7 heteroatoms. The molecule has 0 aliphatic carbocycles. The molecule has 1 amide bonds. The van der Waals surface area contributed by atoms with Crippen molar-refractivity contribution < 1.29 is 30.0 Å². The Hall–Kier alpha value is -1.44. The highest BCUT2D eigenvalue weighted by Gasteiger charge is 2.26. The molecule has 0 bridgehead atoms. The van der Waals surface area contributed by atoms with Gasteiger partial charge in [-0.15, -0.1) is 0 Å². The predicted molar refractivity (Wildman–Crippen MR) is 114 cm³/mol. The summed E-state index contributed by atoms with van der Waals surface area (Å²) in [5.41, 5.74) is 0. The monoisotopic (exact) mass is 415 g/mol. The summed E-state index contributed by atoms with van der Waals surface area (Å²) in [6, 6.07) is -1.05. The van der Waals surface area contributed by atoms with Gasteiger partial charge >= 0.3 is 5.97 Å². The van der Waals surface area contributed by atoms with Gasteiger partial charge in [-0.25, -0.2) is 4.79 Å². The number of carboxylic acid groups (broad SMARTS) is 1. The highest BCUT2D eigenvalue weighted by atomic mass is 16.4. The van der Waals surface area contributed by atoms with Crippen LogP contribution in [-0.4, -0.2) is 57.2 Å². The van der Waals surface area contributed by atoms with Crippen LogP contribution in [-0.2, 0) is 9.59 Å². The van der Waals surface area contributed by atoms with E-state index in [2.05, 4.69) is 12.2 Å². The fourth-order valence-electron chi connectivity index (χ4n) is 3.25. The third-order valence-electron chi connectivity index (χ3n) is 5.06. The van der Waals surface area contributed by atoms with Crippen LogP contribution in [0.3, 0.4) is 0 Å². The van der Waals surface area contributed by atoms with E-state index in [4.69, 9.17) is 5.11 Å². The van der Waals surface area contributed by atoms with E-state index < -0.39 is 36.7 Å². The van der Waals surface area contributed by atoms with E-state index >= 15 is 0 Å². The SMILES string of the molecule is CCCCCCCCCCCCCCC(O)C(O)C(CO)NC(=O)/C=C/C(=O)O. The maximum atomic E-state index is 11.6. The zero-order valence-electron chi connectivity index (χ0n) is 17.9. The molecule has 0 rings (SSSR count). The van der Waals surface area contributed by atoms with Gasteiger partial charge in [-0.05, 0) is 6.42 Å². The molecule has 0 radical (unpaired) electrons.